The molecule has 23 heavy (non-hydrogen) atoms. The van der Waals surface area contributed by atoms with Gasteiger partial charge in [-0.25, -0.2) is 8.42 Å². The highest BCUT2D eigenvalue weighted by Gasteiger charge is 2.38. The topological polar surface area (TPSA) is 63.7 Å². The zero-order valence-corrected chi connectivity index (χ0v) is 13.8. The van der Waals surface area contributed by atoms with Crippen LogP contribution in [0.3, 0.4) is 0 Å². The van der Waals surface area contributed by atoms with Crippen molar-refractivity contribution in [3.05, 3.63) is 42.5 Å². The van der Waals surface area contributed by atoms with Gasteiger partial charge < -0.3 is 4.74 Å². The summed E-state index contributed by atoms with van der Waals surface area (Å²) in [6.07, 6.45) is 2.07. The smallest absolute Gasteiger partial charge is 0.324 e. The summed E-state index contributed by atoms with van der Waals surface area (Å²) in [5, 5.41) is 1.84. The van der Waals surface area contributed by atoms with Gasteiger partial charge in [-0.05, 0) is 42.2 Å². The Balaban J connectivity index is 2.02. The van der Waals surface area contributed by atoms with E-state index in [0.29, 0.717) is 13.0 Å². The van der Waals surface area contributed by atoms with E-state index >= 15 is 0 Å². The Morgan fingerprint density at radius 2 is 1.87 bits per heavy atom. The van der Waals surface area contributed by atoms with Gasteiger partial charge in [0.2, 0.25) is 10.0 Å². The van der Waals surface area contributed by atoms with Crippen LogP contribution in [0, 0.1) is 0 Å². The summed E-state index contributed by atoms with van der Waals surface area (Å²) in [5.74, 6) is -0.492. The molecule has 1 aliphatic heterocycles. The number of benzene rings is 2. The number of carbonyl (C=O) groups is 1. The second kappa shape index (κ2) is 6.29. The van der Waals surface area contributed by atoms with Gasteiger partial charge in [0.05, 0.1) is 12.0 Å². The molecular formula is C17H19NO4S. The zero-order valence-electron chi connectivity index (χ0n) is 12.9. The maximum absolute atomic E-state index is 13.0. The van der Waals surface area contributed by atoms with E-state index in [0.717, 1.165) is 23.6 Å². The van der Waals surface area contributed by atoms with Gasteiger partial charge in [0.25, 0.3) is 0 Å². The molecule has 1 unspecified atom stereocenters. The number of carbonyl (C=O) groups excluding carboxylic acids is 1. The van der Waals surface area contributed by atoms with Crippen LogP contribution in [0.25, 0.3) is 10.8 Å². The van der Waals surface area contributed by atoms with E-state index in [9.17, 15) is 13.2 Å². The minimum absolute atomic E-state index is 0.215. The Hall–Kier alpha value is -1.92. The minimum Gasteiger partial charge on any atom is -0.468 e. The molecule has 0 radical (unpaired) electrons. The molecule has 0 aromatic heterocycles. The number of piperidine rings is 1. The van der Waals surface area contributed by atoms with E-state index in [-0.39, 0.29) is 4.90 Å². The molecule has 0 spiro atoms. The van der Waals surface area contributed by atoms with Gasteiger partial charge in [-0.1, -0.05) is 30.3 Å². The maximum atomic E-state index is 13.0. The van der Waals surface area contributed by atoms with Crippen LogP contribution in [-0.4, -0.2) is 38.4 Å². The molecule has 1 heterocycles. The predicted molar refractivity (Wildman–Crippen MR) is 87.5 cm³/mol. The zero-order chi connectivity index (χ0) is 16.4. The van der Waals surface area contributed by atoms with Crippen molar-refractivity contribution in [3.8, 4) is 0 Å². The first-order valence-electron chi connectivity index (χ1n) is 7.62. The number of hydrogen-bond acceptors (Lipinski definition) is 4. The molecule has 2 aromatic carbocycles. The van der Waals surface area contributed by atoms with E-state index in [2.05, 4.69) is 0 Å². The Morgan fingerprint density at radius 1 is 1.13 bits per heavy atom. The van der Waals surface area contributed by atoms with Crippen LogP contribution in [0.15, 0.2) is 47.4 Å². The fourth-order valence-electron chi connectivity index (χ4n) is 3.03. The third-order valence-electron chi connectivity index (χ3n) is 4.25. The molecule has 0 amide bonds. The van der Waals surface area contributed by atoms with Crippen LogP contribution in [0.2, 0.25) is 0 Å². The third-order valence-corrected chi connectivity index (χ3v) is 6.16. The molecule has 122 valence electrons. The van der Waals surface area contributed by atoms with Gasteiger partial charge in [0, 0.05) is 6.54 Å². The van der Waals surface area contributed by atoms with Gasteiger partial charge in [-0.3, -0.25) is 4.79 Å². The molecule has 0 saturated carbocycles. The van der Waals surface area contributed by atoms with Gasteiger partial charge in [0.15, 0.2) is 0 Å². The van der Waals surface area contributed by atoms with Gasteiger partial charge in [-0.2, -0.15) is 4.31 Å². The number of ether oxygens (including phenoxy) is 1. The molecule has 1 aliphatic rings. The fourth-order valence-corrected chi connectivity index (χ4v) is 4.71. The summed E-state index contributed by atoms with van der Waals surface area (Å²) in [4.78, 5) is 12.2. The number of hydrogen-bond donors (Lipinski definition) is 0. The van der Waals surface area contributed by atoms with E-state index in [4.69, 9.17) is 4.74 Å². The molecule has 1 saturated heterocycles. The Bertz CT molecular complexity index is 831. The highest BCUT2D eigenvalue weighted by atomic mass is 32.2. The van der Waals surface area contributed by atoms with Crippen LogP contribution in [0.4, 0.5) is 0 Å². The second-order valence-electron chi connectivity index (χ2n) is 5.66. The first-order chi connectivity index (χ1) is 11.0. The fraction of sp³-hybridized carbons (Fsp3) is 0.353. The third kappa shape index (κ3) is 2.96. The average Bonchev–Trinajstić information content (AvgIpc) is 2.60. The molecule has 6 heteroatoms. The normalized spacial score (nSPS) is 19.6. The summed E-state index contributed by atoms with van der Waals surface area (Å²) in [6, 6.07) is 11.9. The lowest BCUT2D eigenvalue weighted by atomic mass is 10.1. The monoisotopic (exact) mass is 333 g/mol. The lowest BCUT2D eigenvalue weighted by molar-refractivity contribution is -0.146. The largest absolute Gasteiger partial charge is 0.468 e. The van der Waals surface area contributed by atoms with Crippen molar-refractivity contribution < 1.29 is 17.9 Å². The van der Waals surface area contributed by atoms with E-state index in [1.165, 1.54) is 11.4 Å². The van der Waals surface area contributed by atoms with E-state index in [1.54, 1.807) is 18.2 Å². The first kappa shape index (κ1) is 16.0. The summed E-state index contributed by atoms with van der Waals surface area (Å²) in [6.45, 7) is 0.342. The van der Waals surface area contributed by atoms with Crippen molar-refractivity contribution in [2.45, 2.75) is 30.2 Å². The van der Waals surface area contributed by atoms with Gasteiger partial charge in [0.1, 0.15) is 6.04 Å². The number of fused-ring (bicyclic) bond motifs is 1. The van der Waals surface area contributed by atoms with Gasteiger partial charge >= 0.3 is 5.97 Å². The molecular weight excluding hydrogens is 314 g/mol. The Labute approximate surface area is 135 Å². The van der Waals surface area contributed by atoms with E-state index < -0.39 is 22.0 Å². The lowest BCUT2D eigenvalue weighted by Crippen LogP contribution is -2.48. The molecule has 3 rings (SSSR count). The number of esters is 1. The van der Waals surface area contributed by atoms with Crippen LogP contribution in [-0.2, 0) is 19.6 Å². The number of nitrogens with zero attached hydrogens (tertiary/aromatic N) is 1. The average molecular weight is 333 g/mol. The molecule has 5 nitrogen and oxygen atoms in total. The van der Waals surface area contributed by atoms with Crippen molar-refractivity contribution in [3.63, 3.8) is 0 Å². The van der Waals surface area contributed by atoms with E-state index in [1.807, 2.05) is 24.3 Å². The standard InChI is InChI=1S/C17H19NO4S/c1-22-17(19)16-8-4-5-11-18(16)23(20,21)15-10-9-13-6-2-3-7-14(13)12-15/h2-3,6-7,9-10,12,16H,4-5,8,11H2,1H3. The van der Waals surface area contributed by atoms with Crippen LogP contribution in [0.5, 0.6) is 0 Å². The van der Waals surface area contributed by atoms with Crippen molar-refractivity contribution in [1.29, 1.82) is 0 Å². The SMILES string of the molecule is COC(=O)C1CCCCN1S(=O)(=O)c1ccc2ccccc2c1. The van der Waals surface area contributed by atoms with Crippen LogP contribution >= 0.6 is 0 Å². The predicted octanol–water partition coefficient (Wildman–Crippen LogP) is 2.56. The maximum Gasteiger partial charge on any atom is 0.324 e. The Morgan fingerprint density at radius 3 is 2.61 bits per heavy atom. The quantitative estimate of drug-likeness (QED) is 0.810. The van der Waals surface area contributed by atoms with Crippen LogP contribution < -0.4 is 0 Å². The Kier molecular flexibility index (Phi) is 4.37. The number of rotatable bonds is 3. The van der Waals surface area contributed by atoms with Crippen molar-refractivity contribution in [2.75, 3.05) is 13.7 Å². The molecule has 0 bridgehead atoms. The number of sulfonamides is 1. The summed E-state index contributed by atoms with van der Waals surface area (Å²) in [5.41, 5.74) is 0. The first-order valence-corrected chi connectivity index (χ1v) is 9.06. The van der Waals surface area contributed by atoms with Crippen molar-refractivity contribution in [1.82, 2.24) is 4.31 Å². The van der Waals surface area contributed by atoms with Crippen LogP contribution in [0.1, 0.15) is 19.3 Å². The molecule has 1 atom stereocenters. The minimum atomic E-state index is -3.73. The second-order valence-corrected chi connectivity index (χ2v) is 7.55. The number of methoxy groups -OCH3 is 1. The van der Waals surface area contributed by atoms with Crippen molar-refractivity contribution >= 4 is 26.8 Å². The summed E-state index contributed by atoms with van der Waals surface area (Å²) in [7, 11) is -2.44. The highest BCUT2D eigenvalue weighted by Crippen LogP contribution is 2.28. The molecule has 2 aromatic rings. The summed E-state index contributed by atoms with van der Waals surface area (Å²) < 4.78 is 32.0. The lowest BCUT2D eigenvalue weighted by Gasteiger charge is -2.32. The van der Waals surface area contributed by atoms with Gasteiger partial charge in [-0.15, -0.1) is 0 Å². The highest BCUT2D eigenvalue weighted by molar-refractivity contribution is 7.89. The molecule has 0 aliphatic carbocycles. The summed E-state index contributed by atoms with van der Waals surface area (Å²) >= 11 is 0. The molecule has 0 N–H and O–H groups in total. The van der Waals surface area contributed by atoms with Crippen molar-refractivity contribution in [2.24, 2.45) is 0 Å². The molecule has 1 fully saturated rings.